The summed E-state index contributed by atoms with van der Waals surface area (Å²) in [6.45, 7) is 0. The SMILES string of the molecule is COc1cc(C2=N[C@H](O)C(=O)Nc3ccc(Cl)cc32)ccc1O. The van der Waals surface area contributed by atoms with E-state index in [0.29, 0.717) is 27.5 Å². The van der Waals surface area contributed by atoms with Crippen LogP contribution in [0.5, 0.6) is 11.5 Å². The molecule has 1 aliphatic rings. The predicted molar refractivity (Wildman–Crippen MR) is 86.4 cm³/mol. The zero-order chi connectivity index (χ0) is 16.6. The maximum absolute atomic E-state index is 11.8. The van der Waals surface area contributed by atoms with E-state index in [1.54, 1.807) is 30.3 Å². The normalized spacial score (nSPS) is 16.9. The standard InChI is InChI=1S/C16H13ClN2O4/c1-23-13-6-8(2-5-12(13)20)14-10-7-9(17)3-4-11(10)18-15(21)16(22)19-14/h2-7,16,20,22H,1H3,(H,18,21)/t16-/m1/s1. The molecule has 0 fully saturated rings. The number of halogens is 1. The summed E-state index contributed by atoms with van der Waals surface area (Å²) in [5, 5.41) is 22.7. The topological polar surface area (TPSA) is 91.2 Å². The van der Waals surface area contributed by atoms with Crippen LogP contribution in [0.1, 0.15) is 11.1 Å². The van der Waals surface area contributed by atoms with Crippen molar-refractivity contribution in [1.29, 1.82) is 0 Å². The lowest BCUT2D eigenvalue weighted by Crippen LogP contribution is -2.24. The second-order valence-electron chi connectivity index (χ2n) is 4.92. The first-order valence-corrected chi connectivity index (χ1v) is 7.11. The molecule has 1 heterocycles. The Morgan fingerprint density at radius 2 is 2.04 bits per heavy atom. The molecule has 0 radical (unpaired) electrons. The summed E-state index contributed by atoms with van der Waals surface area (Å²) in [4.78, 5) is 15.9. The lowest BCUT2D eigenvalue weighted by molar-refractivity contribution is -0.123. The van der Waals surface area contributed by atoms with Gasteiger partial charge >= 0.3 is 0 Å². The molecule has 6 nitrogen and oxygen atoms in total. The number of phenols is 1. The minimum absolute atomic E-state index is 0.0217. The van der Waals surface area contributed by atoms with E-state index in [1.165, 1.54) is 13.2 Å². The summed E-state index contributed by atoms with van der Waals surface area (Å²) < 4.78 is 5.09. The van der Waals surface area contributed by atoms with Gasteiger partial charge in [-0.3, -0.25) is 4.79 Å². The average molecular weight is 333 g/mol. The Kier molecular flexibility index (Phi) is 3.94. The number of ether oxygens (including phenoxy) is 1. The molecule has 0 bridgehead atoms. The molecule has 2 aromatic rings. The number of carbonyl (C=O) groups is 1. The number of methoxy groups -OCH3 is 1. The van der Waals surface area contributed by atoms with Crippen LogP contribution in [0.15, 0.2) is 41.4 Å². The van der Waals surface area contributed by atoms with E-state index in [9.17, 15) is 15.0 Å². The molecular formula is C16H13ClN2O4. The number of nitrogens with one attached hydrogen (secondary N) is 1. The fourth-order valence-electron chi connectivity index (χ4n) is 2.32. The van der Waals surface area contributed by atoms with Gasteiger partial charge in [-0.1, -0.05) is 11.6 Å². The van der Waals surface area contributed by atoms with Gasteiger partial charge in [-0.15, -0.1) is 0 Å². The smallest absolute Gasteiger partial charge is 0.276 e. The number of aliphatic hydroxyl groups excluding tert-OH is 1. The fraction of sp³-hybridized carbons (Fsp3) is 0.125. The molecule has 0 saturated carbocycles. The average Bonchev–Trinajstić information content (AvgIpc) is 2.65. The molecule has 0 unspecified atom stereocenters. The van der Waals surface area contributed by atoms with Crippen molar-refractivity contribution in [1.82, 2.24) is 0 Å². The summed E-state index contributed by atoms with van der Waals surface area (Å²) in [7, 11) is 1.43. The van der Waals surface area contributed by atoms with Crippen LogP contribution in [0, 0.1) is 0 Å². The summed E-state index contributed by atoms with van der Waals surface area (Å²) in [6.07, 6.45) is -1.55. The monoisotopic (exact) mass is 332 g/mol. The molecule has 7 heteroatoms. The highest BCUT2D eigenvalue weighted by Crippen LogP contribution is 2.31. The first kappa shape index (κ1) is 15.3. The number of aliphatic imine (C=N–C) groups is 1. The van der Waals surface area contributed by atoms with Gasteiger partial charge in [-0.25, -0.2) is 4.99 Å². The molecule has 2 aromatic carbocycles. The fourth-order valence-corrected chi connectivity index (χ4v) is 2.50. The summed E-state index contributed by atoms with van der Waals surface area (Å²) >= 11 is 6.04. The van der Waals surface area contributed by atoms with E-state index in [1.807, 2.05) is 0 Å². The van der Waals surface area contributed by atoms with Crippen LogP contribution in [-0.2, 0) is 4.79 Å². The second-order valence-corrected chi connectivity index (χ2v) is 5.35. The highest BCUT2D eigenvalue weighted by atomic mass is 35.5. The number of aromatic hydroxyl groups is 1. The summed E-state index contributed by atoms with van der Waals surface area (Å²) in [6, 6.07) is 9.56. The number of amides is 1. The van der Waals surface area contributed by atoms with E-state index < -0.39 is 12.1 Å². The van der Waals surface area contributed by atoms with Crippen molar-refractivity contribution in [3.63, 3.8) is 0 Å². The van der Waals surface area contributed by atoms with Crippen molar-refractivity contribution in [3.05, 3.63) is 52.5 Å². The number of aliphatic hydroxyl groups is 1. The van der Waals surface area contributed by atoms with Gasteiger partial charge < -0.3 is 20.3 Å². The van der Waals surface area contributed by atoms with Gasteiger partial charge in [-0.05, 0) is 36.4 Å². The minimum Gasteiger partial charge on any atom is -0.504 e. The summed E-state index contributed by atoms with van der Waals surface area (Å²) in [5.41, 5.74) is 1.99. The van der Waals surface area contributed by atoms with Gasteiger partial charge in [0.1, 0.15) is 0 Å². The predicted octanol–water partition coefficient (Wildman–Crippen LogP) is 2.16. The lowest BCUT2D eigenvalue weighted by atomic mass is 10.00. The molecule has 3 N–H and O–H groups in total. The molecule has 3 rings (SSSR count). The van der Waals surface area contributed by atoms with E-state index in [0.717, 1.165) is 0 Å². The highest BCUT2D eigenvalue weighted by molar-refractivity contribution is 6.32. The number of fused-ring (bicyclic) bond motifs is 1. The molecular weight excluding hydrogens is 320 g/mol. The first-order valence-electron chi connectivity index (χ1n) is 6.73. The van der Waals surface area contributed by atoms with Gasteiger partial charge in [-0.2, -0.15) is 0 Å². The van der Waals surface area contributed by atoms with Crippen LogP contribution < -0.4 is 10.1 Å². The largest absolute Gasteiger partial charge is 0.504 e. The van der Waals surface area contributed by atoms with Crippen molar-refractivity contribution in [2.24, 2.45) is 4.99 Å². The van der Waals surface area contributed by atoms with Gasteiger partial charge in [0.2, 0.25) is 6.23 Å². The number of benzodiazepines with no additional fused rings is 1. The van der Waals surface area contributed by atoms with Crippen LogP contribution in [0.4, 0.5) is 5.69 Å². The van der Waals surface area contributed by atoms with Gasteiger partial charge in [0.05, 0.1) is 18.5 Å². The van der Waals surface area contributed by atoms with Crippen LogP contribution >= 0.6 is 11.6 Å². The Balaban J connectivity index is 2.22. The third-order valence-corrected chi connectivity index (χ3v) is 3.67. The molecule has 1 aliphatic heterocycles. The lowest BCUT2D eigenvalue weighted by Gasteiger charge is -2.12. The maximum atomic E-state index is 11.8. The Bertz CT molecular complexity index is 820. The van der Waals surface area contributed by atoms with Gasteiger partial charge in [0.25, 0.3) is 5.91 Å². The number of anilines is 1. The van der Waals surface area contributed by atoms with Gasteiger partial charge in [0, 0.05) is 16.1 Å². The van der Waals surface area contributed by atoms with E-state index in [2.05, 4.69) is 10.3 Å². The number of benzene rings is 2. The maximum Gasteiger partial charge on any atom is 0.276 e. The zero-order valence-corrected chi connectivity index (χ0v) is 12.8. The van der Waals surface area contributed by atoms with Crippen molar-refractivity contribution in [2.75, 3.05) is 12.4 Å². The number of hydrogen-bond donors (Lipinski definition) is 3. The van der Waals surface area contributed by atoms with E-state index in [4.69, 9.17) is 16.3 Å². The minimum atomic E-state index is -1.55. The van der Waals surface area contributed by atoms with Crippen molar-refractivity contribution >= 4 is 28.9 Å². The highest BCUT2D eigenvalue weighted by Gasteiger charge is 2.24. The molecule has 0 aromatic heterocycles. The van der Waals surface area contributed by atoms with Crippen molar-refractivity contribution in [3.8, 4) is 11.5 Å². The Labute approximate surface area is 137 Å². The zero-order valence-electron chi connectivity index (χ0n) is 12.1. The number of nitrogens with zero attached hydrogens (tertiary/aromatic N) is 1. The first-order chi connectivity index (χ1) is 11.0. The van der Waals surface area contributed by atoms with Gasteiger partial charge in [0.15, 0.2) is 11.5 Å². The number of rotatable bonds is 2. The summed E-state index contributed by atoms with van der Waals surface area (Å²) in [5.74, 6) is -0.396. The van der Waals surface area contributed by atoms with Crippen LogP contribution in [0.25, 0.3) is 0 Å². The third kappa shape index (κ3) is 2.86. The van der Waals surface area contributed by atoms with Crippen molar-refractivity contribution in [2.45, 2.75) is 6.23 Å². The van der Waals surface area contributed by atoms with Crippen LogP contribution in [-0.4, -0.2) is 35.2 Å². The molecule has 1 amide bonds. The van der Waals surface area contributed by atoms with E-state index >= 15 is 0 Å². The number of hydrogen-bond acceptors (Lipinski definition) is 5. The quantitative estimate of drug-likeness (QED) is 0.786. The molecule has 118 valence electrons. The number of carbonyl (C=O) groups excluding carboxylic acids is 1. The third-order valence-electron chi connectivity index (χ3n) is 3.43. The van der Waals surface area contributed by atoms with E-state index in [-0.39, 0.29) is 11.5 Å². The molecule has 0 spiro atoms. The Morgan fingerprint density at radius 3 is 2.78 bits per heavy atom. The van der Waals surface area contributed by atoms with Crippen LogP contribution in [0.3, 0.4) is 0 Å². The number of phenolic OH excluding ortho intramolecular Hbond substituents is 1. The molecule has 23 heavy (non-hydrogen) atoms. The molecule has 0 saturated heterocycles. The van der Waals surface area contributed by atoms with Crippen molar-refractivity contribution < 1.29 is 19.7 Å². The second kappa shape index (κ2) is 5.91. The Morgan fingerprint density at radius 1 is 1.26 bits per heavy atom. The Hall–Kier alpha value is -2.57. The molecule has 1 atom stereocenters. The van der Waals surface area contributed by atoms with Crippen LogP contribution in [0.2, 0.25) is 5.02 Å². The molecule has 0 aliphatic carbocycles.